The summed E-state index contributed by atoms with van der Waals surface area (Å²) in [6.45, 7) is 0.0149. The maximum atomic E-state index is 12.5. The third kappa shape index (κ3) is 5.47. The van der Waals surface area contributed by atoms with Gasteiger partial charge in [-0.3, -0.25) is 9.59 Å². The van der Waals surface area contributed by atoms with Crippen LogP contribution in [0.5, 0.6) is 28.7 Å². The summed E-state index contributed by atoms with van der Waals surface area (Å²) in [5.41, 5.74) is 1.02. The Labute approximate surface area is 175 Å². The van der Waals surface area contributed by atoms with Gasteiger partial charge in [0, 0.05) is 17.7 Å². The Bertz CT molecular complexity index is 874. The zero-order valence-corrected chi connectivity index (χ0v) is 17.7. The average molecular weight is 418 g/mol. The Morgan fingerprint density at radius 1 is 0.767 bits per heavy atom. The number of benzene rings is 2. The molecule has 2 rings (SSSR count). The monoisotopic (exact) mass is 418 g/mol. The zero-order valence-electron chi connectivity index (χ0n) is 17.7. The largest absolute Gasteiger partial charge is 0.497 e. The number of hydrogen-bond donors (Lipinski definition) is 2. The van der Waals surface area contributed by atoms with Crippen LogP contribution >= 0.6 is 0 Å². The molecule has 0 aromatic heterocycles. The van der Waals surface area contributed by atoms with Gasteiger partial charge in [0.1, 0.15) is 11.5 Å². The van der Waals surface area contributed by atoms with Gasteiger partial charge in [0.2, 0.25) is 11.7 Å². The van der Waals surface area contributed by atoms with Gasteiger partial charge >= 0.3 is 0 Å². The molecule has 0 aliphatic rings. The fourth-order valence-electron chi connectivity index (χ4n) is 2.75. The minimum absolute atomic E-state index is 0.207. The summed E-state index contributed by atoms with van der Waals surface area (Å²) in [5.74, 6) is 1.52. The second-order valence-corrected chi connectivity index (χ2v) is 6.05. The molecule has 0 atom stereocenters. The third-order valence-corrected chi connectivity index (χ3v) is 4.30. The summed E-state index contributed by atoms with van der Waals surface area (Å²) >= 11 is 0. The average Bonchev–Trinajstić information content (AvgIpc) is 2.79. The lowest BCUT2D eigenvalue weighted by atomic mass is 10.1. The maximum Gasteiger partial charge on any atom is 0.251 e. The molecule has 9 nitrogen and oxygen atoms in total. The van der Waals surface area contributed by atoms with Crippen LogP contribution in [0.3, 0.4) is 0 Å². The molecular weight excluding hydrogens is 392 g/mol. The van der Waals surface area contributed by atoms with Crippen molar-refractivity contribution in [3.63, 3.8) is 0 Å². The Morgan fingerprint density at radius 2 is 1.40 bits per heavy atom. The van der Waals surface area contributed by atoms with E-state index in [-0.39, 0.29) is 24.6 Å². The van der Waals surface area contributed by atoms with E-state index in [2.05, 4.69) is 10.6 Å². The highest BCUT2D eigenvalue weighted by molar-refractivity contribution is 5.97. The molecule has 0 heterocycles. The second kappa shape index (κ2) is 10.8. The van der Waals surface area contributed by atoms with Crippen molar-refractivity contribution in [3.8, 4) is 28.7 Å². The van der Waals surface area contributed by atoms with Gasteiger partial charge < -0.3 is 34.3 Å². The highest BCUT2D eigenvalue weighted by Gasteiger charge is 2.17. The Kier molecular flexibility index (Phi) is 8.16. The highest BCUT2D eigenvalue weighted by Crippen LogP contribution is 2.38. The summed E-state index contributed by atoms with van der Waals surface area (Å²) in [7, 11) is 7.49. The van der Waals surface area contributed by atoms with E-state index < -0.39 is 5.91 Å². The van der Waals surface area contributed by atoms with E-state index in [1.807, 2.05) is 0 Å². The second-order valence-electron chi connectivity index (χ2n) is 6.05. The van der Waals surface area contributed by atoms with Crippen LogP contribution in [0.1, 0.15) is 15.9 Å². The topological polar surface area (TPSA) is 104 Å². The smallest absolute Gasteiger partial charge is 0.251 e. The van der Waals surface area contributed by atoms with Crippen molar-refractivity contribution in [2.75, 3.05) is 42.1 Å². The molecule has 162 valence electrons. The summed E-state index contributed by atoms with van der Waals surface area (Å²) in [5, 5.41) is 5.30. The zero-order chi connectivity index (χ0) is 22.1. The molecule has 9 heteroatoms. The van der Waals surface area contributed by atoms with Gasteiger partial charge in [-0.2, -0.15) is 0 Å². The van der Waals surface area contributed by atoms with Crippen LogP contribution in [0.15, 0.2) is 30.3 Å². The van der Waals surface area contributed by atoms with Crippen molar-refractivity contribution in [1.29, 1.82) is 0 Å². The molecule has 2 N–H and O–H groups in total. The normalized spacial score (nSPS) is 10.0. The molecule has 0 saturated carbocycles. The third-order valence-electron chi connectivity index (χ3n) is 4.30. The Morgan fingerprint density at radius 3 is 1.93 bits per heavy atom. The van der Waals surface area contributed by atoms with Crippen molar-refractivity contribution in [2.45, 2.75) is 6.54 Å². The summed E-state index contributed by atoms with van der Waals surface area (Å²) < 4.78 is 26.2. The maximum absolute atomic E-state index is 12.5. The van der Waals surface area contributed by atoms with Crippen LogP contribution in [-0.2, 0) is 11.3 Å². The van der Waals surface area contributed by atoms with E-state index in [1.165, 1.54) is 33.5 Å². The van der Waals surface area contributed by atoms with Gasteiger partial charge in [-0.05, 0) is 30.3 Å². The lowest BCUT2D eigenvalue weighted by molar-refractivity contribution is -0.120. The minimum Gasteiger partial charge on any atom is -0.497 e. The number of carbonyl (C=O) groups is 2. The number of methoxy groups -OCH3 is 5. The summed E-state index contributed by atoms with van der Waals surface area (Å²) in [6.07, 6.45) is 0. The lowest BCUT2D eigenvalue weighted by Gasteiger charge is -2.14. The van der Waals surface area contributed by atoms with Gasteiger partial charge in [-0.25, -0.2) is 0 Å². The first-order valence-electron chi connectivity index (χ1n) is 9.03. The molecule has 0 saturated heterocycles. The van der Waals surface area contributed by atoms with E-state index in [9.17, 15) is 9.59 Å². The van der Waals surface area contributed by atoms with Gasteiger partial charge in [0.05, 0.1) is 42.1 Å². The molecule has 0 bridgehead atoms. The van der Waals surface area contributed by atoms with Crippen molar-refractivity contribution in [2.24, 2.45) is 0 Å². The molecule has 2 aromatic rings. The van der Waals surface area contributed by atoms with Crippen molar-refractivity contribution in [3.05, 3.63) is 41.5 Å². The molecule has 0 unspecified atom stereocenters. The SMILES string of the molecule is COc1ccc(OC)c(CNC(=O)CNC(=O)c2cc(OC)c(OC)c(OC)c2)c1. The van der Waals surface area contributed by atoms with Crippen LogP contribution in [0.25, 0.3) is 0 Å². The number of nitrogens with one attached hydrogen (secondary N) is 2. The molecule has 30 heavy (non-hydrogen) atoms. The summed E-state index contributed by atoms with van der Waals surface area (Å²) in [6, 6.07) is 8.31. The van der Waals surface area contributed by atoms with E-state index in [1.54, 1.807) is 32.4 Å². The molecule has 2 aromatic carbocycles. The molecule has 0 fully saturated rings. The van der Waals surface area contributed by atoms with Crippen molar-refractivity contribution in [1.82, 2.24) is 10.6 Å². The molecule has 0 radical (unpaired) electrons. The van der Waals surface area contributed by atoms with E-state index >= 15 is 0 Å². The molecule has 0 aliphatic carbocycles. The van der Waals surface area contributed by atoms with E-state index in [4.69, 9.17) is 23.7 Å². The fourth-order valence-corrected chi connectivity index (χ4v) is 2.75. The number of amides is 2. The molecular formula is C21H26N2O7. The van der Waals surface area contributed by atoms with Crippen LogP contribution in [0.2, 0.25) is 0 Å². The number of ether oxygens (including phenoxy) is 5. The number of rotatable bonds is 10. The fraction of sp³-hybridized carbons (Fsp3) is 0.333. The standard InChI is InChI=1S/C21H26N2O7/c1-26-15-6-7-16(27-2)14(8-15)11-22-19(24)12-23-21(25)13-9-17(28-3)20(30-5)18(10-13)29-4/h6-10H,11-12H2,1-5H3,(H,22,24)(H,23,25). The van der Waals surface area contributed by atoms with Crippen LogP contribution in [0, 0.1) is 0 Å². The van der Waals surface area contributed by atoms with Gasteiger partial charge in [0.15, 0.2) is 11.5 Å². The van der Waals surface area contributed by atoms with Gasteiger partial charge in [0.25, 0.3) is 5.91 Å². The minimum atomic E-state index is -0.455. The number of carbonyl (C=O) groups excluding carboxylic acids is 2. The van der Waals surface area contributed by atoms with Gasteiger partial charge in [-0.15, -0.1) is 0 Å². The predicted molar refractivity (Wildman–Crippen MR) is 110 cm³/mol. The van der Waals surface area contributed by atoms with E-state index in [0.29, 0.717) is 28.7 Å². The highest BCUT2D eigenvalue weighted by atomic mass is 16.5. The van der Waals surface area contributed by atoms with Crippen molar-refractivity contribution >= 4 is 11.8 Å². The molecule has 0 aliphatic heterocycles. The van der Waals surface area contributed by atoms with Gasteiger partial charge in [-0.1, -0.05) is 0 Å². The first-order valence-corrected chi connectivity index (χ1v) is 9.03. The first-order chi connectivity index (χ1) is 14.5. The number of hydrogen-bond acceptors (Lipinski definition) is 7. The molecule has 2 amide bonds. The van der Waals surface area contributed by atoms with E-state index in [0.717, 1.165) is 5.56 Å². The van der Waals surface area contributed by atoms with Crippen LogP contribution < -0.4 is 34.3 Å². The lowest BCUT2D eigenvalue weighted by Crippen LogP contribution is -2.36. The Hall–Kier alpha value is -3.62. The van der Waals surface area contributed by atoms with Crippen molar-refractivity contribution < 1.29 is 33.3 Å². The quantitative estimate of drug-likeness (QED) is 0.606. The predicted octanol–water partition coefficient (Wildman–Crippen LogP) is 1.78. The first kappa shape index (κ1) is 22.7. The van der Waals surface area contributed by atoms with Crippen LogP contribution in [0.4, 0.5) is 0 Å². The van der Waals surface area contributed by atoms with Crippen LogP contribution in [-0.4, -0.2) is 53.9 Å². The Balaban J connectivity index is 1.99. The summed E-state index contributed by atoms with van der Waals surface area (Å²) in [4.78, 5) is 24.6. The molecule has 0 spiro atoms.